The van der Waals surface area contributed by atoms with Crippen LogP contribution in [-0.2, 0) is 6.54 Å². The van der Waals surface area contributed by atoms with Crippen LogP contribution in [0.3, 0.4) is 0 Å². The average molecular weight is 297 g/mol. The molecule has 2 aromatic carbocycles. The normalized spacial score (nSPS) is 10.1. The van der Waals surface area contributed by atoms with E-state index in [1.54, 1.807) is 0 Å². The molecule has 0 aliphatic rings. The minimum Gasteiger partial charge on any atom is -0.380 e. The molecule has 3 heteroatoms. The molecule has 82 valence electrons. The van der Waals surface area contributed by atoms with Gasteiger partial charge in [0.2, 0.25) is 0 Å². The van der Waals surface area contributed by atoms with Crippen LogP contribution in [-0.4, -0.2) is 0 Å². The van der Waals surface area contributed by atoms with E-state index < -0.39 is 0 Å². The minimum absolute atomic E-state index is 0.767. The van der Waals surface area contributed by atoms with Crippen LogP contribution in [0.15, 0.2) is 53.0 Å². The summed E-state index contributed by atoms with van der Waals surface area (Å²) in [6, 6.07) is 15.9. The zero-order valence-electron chi connectivity index (χ0n) is 8.58. The molecule has 0 aromatic heterocycles. The van der Waals surface area contributed by atoms with Crippen LogP contribution in [0.5, 0.6) is 0 Å². The monoisotopic (exact) mass is 295 g/mol. The minimum atomic E-state index is 0.767. The summed E-state index contributed by atoms with van der Waals surface area (Å²) in [7, 11) is 0. The molecular weight excluding hydrogens is 286 g/mol. The maximum atomic E-state index is 5.92. The molecule has 0 atom stereocenters. The number of anilines is 1. The highest BCUT2D eigenvalue weighted by molar-refractivity contribution is 9.10. The van der Waals surface area contributed by atoms with Crippen LogP contribution in [0, 0.1) is 0 Å². The third-order valence-corrected chi connectivity index (χ3v) is 3.17. The first-order valence-electron chi connectivity index (χ1n) is 4.98. The van der Waals surface area contributed by atoms with Gasteiger partial charge in [-0.2, -0.15) is 0 Å². The summed E-state index contributed by atoms with van der Waals surface area (Å²) < 4.78 is 1.07. The molecule has 0 bridgehead atoms. The van der Waals surface area contributed by atoms with E-state index in [4.69, 9.17) is 11.6 Å². The van der Waals surface area contributed by atoms with Crippen molar-refractivity contribution < 1.29 is 0 Å². The summed E-state index contributed by atoms with van der Waals surface area (Å²) in [5.41, 5.74) is 2.26. The first-order valence-corrected chi connectivity index (χ1v) is 6.15. The Morgan fingerprint density at radius 1 is 1.06 bits per heavy atom. The number of rotatable bonds is 3. The fraction of sp³-hybridized carbons (Fsp3) is 0.0769. The molecule has 0 amide bonds. The zero-order valence-corrected chi connectivity index (χ0v) is 10.9. The third kappa shape index (κ3) is 3.00. The molecule has 2 aromatic rings. The molecule has 16 heavy (non-hydrogen) atoms. The van der Waals surface area contributed by atoms with E-state index in [-0.39, 0.29) is 0 Å². The van der Waals surface area contributed by atoms with Gasteiger partial charge in [-0.3, -0.25) is 0 Å². The van der Waals surface area contributed by atoms with Gasteiger partial charge < -0.3 is 5.32 Å². The number of para-hydroxylation sites is 1. The molecular formula is C13H11BrClN. The maximum absolute atomic E-state index is 5.92. The van der Waals surface area contributed by atoms with Crippen molar-refractivity contribution >= 4 is 33.2 Å². The second-order valence-electron chi connectivity index (χ2n) is 3.46. The lowest BCUT2D eigenvalue weighted by molar-refractivity contribution is 1.15. The van der Waals surface area contributed by atoms with Crippen molar-refractivity contribution in [3.05, 3.63) is 63.6 Å². The highest BCUT2D eigenvalue weighted by Gasteiger charge is 1.98. The molecule has 1 nitrogen and oxygen atoms in total. The van der Waals surface area contributed by atoms with Crippen molar-refractivity contribution in [1.82, 2.24) is 0 Å². The van der Waals surface area contributed by atoms with Crippen LogP contribution in [0.2, 0.25) is 5.02 Å². The van der Waals surface area contributed by atoms with Crippen molar-refractivity contribution in [3.8, 4) is 0 Å². The smallest absolute Gasteiger partial charge is 0.0487 e. The number of hydrogen-bond acceptors (Lipinski definition) is 1. The number of benzene rings is 2. The fourth-order valence-electron chi connectivity index (χ4n) is 1.45. The van der Waals surface area contributed by atoms with Gasteiger partial charge in [0.1, 0.15) is 0 Å². The first kappa shape index (κ1) is 11.5. The van der Waals surface area contributed by atoms with Crippen LogP contribution in [0.1, 0.15) is 5.56 Å². The van der Waals surface area contributed by atoms with Gasteiger partial charge in [-0.15, -0.1) is 0 Å². The van der Waals surface area contributed by atoms with Gasteiger partial charge in [-0.25, -0.2) is 0 Å². The largest absolute Gasteiger partial charge is 0.380 e. The van der Waals surface area contributed by atoms with Gasteiger partial charge in [0.05, 0.1) is 0 Å². The SMILES string of the molecule is Clc1cccc(CNc2ccccc2Br)c1. The Labute approximate surface area is 109 Å². The quantitative estimate of drug-likeness (QED) is 0.864. The molecule has 0 radical (unpaired) electrons. The lowest BCUT2D eigenvalue weighted by Crippen LogP contribution is -1.99. The van der Waals surface area contributed by atoms with Gasteiger partial charge in [0, 0.05) is 21.7 Å². The van der Waals surface area contributed by atoms with Crippen molar-refractivity contribution in [2.24, 2.45) is 0 Å². The highest BCUT2D eigenvalue weighted by Crippen LogP contribution is 2.22. The van der Waals surface area contributed by atoms with Crippen LogP contribution in [0.25, 0.3) is 0 Å². The van der Waals surface area contributed by atoms with Gasteiger partial charge in [-0.05, 0) is 45.8 Å². The van der Waals surface area contributed by atoms with E-state index in [0.717, 1.165) is 21.7 Å². The summed E-state index contributed by atoms with van der Waals surface area (Å²) in [5, 5.41) is 4.12. The van der Waals surface area contributed by atoms with E-state index in [1.807, 2.05) is 42.5 Å². The maximum Gasteiger partial charge on any atom is 0.0487 e. The van der Waals surface area contributed by atoms with Crippen molar-refractivity contribution in [1.29, 1.82) is 0 Å². The van der Waals surface area contributed by atoms with Crippen LogP contribution in [0.4, 0.5) is 5.69 Å². The lowest BCUT2D eigenvalue weighted by Gasteiger charge is -2.08. The molecule has 2 rings (SSSR count). The number of hydrogen-bond donors (Lipinski definition) is 1. The first-order chi connectivity index (χ1) is 7.75. The van der Waals surface area contributed by atoms with E-state index in [1.165, 1.54) is 5.56 Å². The Kier molecular flexibility index (Phi) is 3.86. The van der Waals surface area contributed by atoms with E-state index >= 15 is 0 Å². The molecule has 0 fully saturated rings. The van der Waals surface area contributed by atoms with Gasteiger partial charge >= 0.3 is 0 Å². The Morgan fingerprint density at radius 3 is 2.62 bits per heavy atom. The highest BCUT2D eigenvalue weighted by atomic mass is 79.9. The molecule has 0 saturated heterocycles. The molecule has 0 aliphatic heterocycles. The second kappa shape index (κ2) is 5.37. The van der Waals surface area contributed by atoms with Crippen molar-refractivity contribution in [2.45, 2.75) is 6.54 Å². The van der Waals surface area contributed by atoms with Gasteiger partial charge in [-0.1, -0.05) is 35.9 Å². The predicted molar refractivity (Wildman–Crippen MR) is 72.9 cm³/mol. The second-order valence-corrected chi connectivity index (χ2v) is 4.75. The molecule has 0 saturated carbocycles. The summed E-state index contributed by atoms with van der Waals surface area (Å²) in [6.45, 7) is 0.767. The number of halogens is 2. The molecule has 0 heterocycles. The van der Waals surface area contributed by atoms with E-state index in [0.29, 0.717) is 0 Å². The van der Waals surface area contributed by atoms with E-state index in [9.17, 15) is 0 Å². The number of nitrogens with one attached hydrogen (secondary N) is 1. The molecule has 0 unspecified atom stereocenters. The Balaban J connectivity index is 2.05. The average Bonchev–Trinajstić information content (AvgIpc) is 2.28. The van der Waals surface area contributed by atoms with Crippen LogP contribution < -0.4 is 5.32 Å². The Bertz CT molecular complexity index is 485. The summed E-state index contributed by atoms with van der Waals surface area (Å²) >= 11 is 9.42. The third-order valence-electron chi connectivity index (χ3n) is 2.25. The van der Waals surface area contributed by atoms with Gasteiger partial charge in [0.15, 0.2) is 0 Å². The lowest BCUT2D eigenvalue weighted by atomic mass is 10.2. The standard InChI is InChI=1S/C13H11BrClN/c14-12-6-1-2-7-13(12)16-9-10-4-3-5-11(15)8-10/h1-8,16H,9H2. The molecule has 0 spiro atoms. The fourth-order valence-corrected chi connectivity index (χ4v) is 2.09. The van der Waals surface area contributed by atoms with Crippen LogP contribution >= 0.6 is 27.5 Å². The summed E-state index contributed by atoms with van der Waals surface area (Å²) in [4.78, 5) is 0. The molecule has 0 aliphatic carbocycles. The predicted octanol–water partition coefficient (Wildman–Crippen LogP) is 4.71. The van der Waals surface area contributed by atoms with Crippen molar-refractivity contribution in [3.63, 3.8) is 0 Å². The summed E-state index contributed by atoms with van der Waals surface area (Å²) in [5.74, 6) is 0. The Hall–Kier alpha value is -0.990. The van der Waals surface area contributed by atoms with E-state index in [2.05, 4.69) is 27.3 Å². The topological polar surface area (TPSA) is 12.0 Å². The Morgan fingerprint density at radius 2 is 1.88 bits per heavy atom. The van der Waals surface area contributed by atoms with Crippen molar-refractivity contribution in [2.75, 3.05) is 5.32 Å². The molecule has 1 N–H and O–H groups in total. The summed E-state index contributed by atoms with van der Waals surface area (Å²) in [6.07, 6.45) is 0. The van der Waals surface area contributed by atoms with Gasteiger partial charge in [0.25, 0.3) is 0 Å². The zero-order chi connectivity index (χ0) is 11.4.